The van der Waals surface area contributed by atoms with Gasteiger partial charge < -0.3 is 21.3 Å². The number of carbonyl (C=O) groups excluding carboxylic acids is 2. The Balaban J connectivity index is 0.000000190. The molecule has 0 atom stereocenters. The number of fused-ring (bicyclic) bond motifs is 1. The van der Waals surface area contributed by atoms with Crippen LogP contribution >= 0.6 is 31.9 Å². The first-order valence-corrected chi connectivity index (χ1v) is 18.6. The fraction of sp³-hybridized carbons (Fsp3) is 0.0714. The van der Waals surface area contributed by atoms with Gasteiger partial charge in [0.25, 0.3) is 11.8 Å². The van der Waals surface area contributed by atoms with E-state index in [1.807, 2.05) is 72.8 Å². The van der Waals surface area contributed by atoms with E-state index < -0.39 is 17.6 Å². The van der Waals surface area contributed by atoms with Crippen LogP contribution in [0, 0.1) is 0 Å². The molecule has 4 aromatic carbocycles. The average Bonchev–Trinajstić information content (AvgIpc) is 3.19. The molecule has 7 aromatic rings. The Bertz CT molecular complexity index is 2480. The van der Waals surface area contributed by atoms with Gasteiger partial charge in [0.2, 0.25) is 0 Å². The highest BCUT2D eigenvalue weighted by Crippen LogP contribution is 2.31. The quantitative estimate of drug-likeness (QED) is 0.101. The number of halogens is 5. The molecular weight excluding hydrogens is 851 g/mol. The molecule has 7 rings (SSSR count). The SMILES string of the molecule is O=C(Nc1cc2ccccc2cn1)c1ccccc1NCc1ccnc(Br)c1.O=C(Nc1cccc(C(F)(F)F)c1)c1ccccc1NCc1ccnc(Br)c1. The second-order valence-electron chi connectivity index (χ2n) is 12.2. The van der Waals surface area contributed by atoms with Gasteiger partial charge in [0.05, 0.1) is 16.7 Å². The lowest BCUT2D eigenvalue weighted by Crippen LogP contribution is -2.15. The Labute approximate surface area is 337 Å². The molecule has 0 unspecified atom stereocenters. The average molecular weight is 884 g/mol. The van der Waals surface area contributed by atoms with Crippen LogP contribution in [0.1, 0.15) is 37.4 Å². The van der Waals surface area contributed by atoms with Gasteiger partial charge in [0.15, 0.2) is 0 Å². The van der Waals surface area contributed by atoms with Crippen LogP contribution in [-0.4, -0.2) is 26.8 Å². The van der Waals surface area contributed by atoms with Crippen molar-refractivity contribution >= 4 is 77.3 Å². The number of aromatic nitrogens is 3. The summed E-state index contributed by atoms with van der Waals surface area (Å²) in [6.07, 6.45) is 0.688. The van der Waals surface area contributed by atoms with Crippen molar-refractivity contribution in [3.8, 4) is 0 Å². The van der Waals surface area contributed by atoms with Crippen molar-refractivity contribution in [3.63, 3.8) is 0 Å². The van der Waals surface area contributed by atoms with Crippen LogP contribution in [0.25, 0.3) is 10.8 Å². The summed E-state index contributed by atoms with van der Waals surface area (Å²) < 4.78 is 40.0. The largest absolute Gasteiger partial charge is 0.416 e. The van der Waals surface area contributed by atoms with E-state index in [1.165, 1.54) is 12.1 Å². The third kappa shape index (κ3) is 11.0. The Morgan fingerprint density at radius 2 is 1.11 bits per heavy atom. The van der Waals surface area contributed by atoms with Crippen LogP contribution in [-0.2, 0) is 19.3 Å². The summed E-state index contributed by atoms with van der Waals surface area (Å²) in [5.74, 6) is -0.184. The number of carbonyl (C=O) groups is 2. The van der Waals surface area contributed by atoms with Crippen LogP contribution in [0.5, 0.6) is 0 Å². The fourth-order valence-electron chi connectivity index (χ4n) is 5.48. The minimum absolute atomic E-state index is 0.0766. The number of anilines is 4. The summed E-state index contributed by atoms with van der Waals surface area (Å²) in [4.78, 5) is 38.0. The van der Waals surface area contributed by atoms with Gasteiger partial charge in [-0.25, -0.2) is 15.0 Å². The third-order valence-corrected chi connectivity index (χ3v) is 9.08. The number of nitrogens with one attached hydrogen (secondary N) is 4. The molecule has 0 fully saturated rings. The van der Waals surface area contributed by atoms with Gasteiger partial charge >= 0.3 is 6.18 Å². The van der Waals surface area contributed by atoms with Crippen molar-refractivity contribution in [2.75, 3.05) is 21.3 Å². The normalized spacial score (nSPS) is 10.9. The molecule has 3 heterocycles. The summed E-state index contributed by atoms with van der Waals surface area (Å²) in [5.41, 5.74) is 3.49. The van der Waals surface area contributed by atoms with Crippen LogP contribution in [0.2, 0.25) is 0 Å². The first kappa shape index (κ1) is 39.6. The number of para-hydroxylation sites is 2. The Morgan fingerprint density at radius 3 is 1.68 bits per heavy atom. The summed E-state index contributed by atoms with van der Waals surface area (Å²) >= 11 is 6.67. The Hall–Kier alpha value is -6.12. The Morgan fingerprint density at radius 1 is 0.571 bits per heavy atom. The highest BCUT2D eigenvalue weighted by molar-refractivity contribution is 9.10. The first-order valence-electron chi connectivity index (χ1n) is 17.0. The number of rotatable bonds is 10. The summed E-state index contributed by atoms with van der Waals surface area (Å²) in [5, 5.41) is 14.0. The van der Waals surface area contributed by atoms with Crippen molar-refractivity contribution in [1.82, 2.24) is 15.0 Å². The maximum atomic E-state index is 12.9. The lowest BCUT2D eigenvalue weighted by Gasteiger charge is -2.13. The molecule has 2 amide bonds. The predicted molar refractivity (Wildman–Crippen MR) is 221 cm³/mol. The lowest BCUT2D eigenvalue weighted by molar-refractivity contribution is -0.137. The summed E-state index contributed by atoms with van der Waals surface area (Å²) in [7, 11) is 0. The van der Waals surface area contributed by atoms with Crippen LogP contribution in [0.3, 0.4) is 0 Å². The molecule has 0 aliphatic carbocycles. The molecule has 0 bridgehead atoms. The molecule has 0 saturated heterocycles. The predicted octanol–water partition coefficient (Wildman–Crippen LogP) is 11.0. The molecule has 0 aliphatic rings. The molecule has 0 saturated carbocycles. The van der Waals surface area contributed by atoms with Crippen LogP contribution in [0.15, 0.2) is 155 Å². The molecule has 3 aromatic heterocycles. The monoisotopic (exact) mass is 881 g/mol. The maximum absolute atomic E-state index is 12.9. The standard InChI is InChI=1S/C22H17BrN4O.C20H15BrF3N3O/c23-20-11-15(9-10-24-20)13-25-19-8-4-3-7-18(19)22(28)27-21-12-16-5-1-2-6-17(16)14-26-21;21-18-10-13(8-9-25-18)12-26-17-7-2-1-6-16(17)19(28)27-15-5-3-4-14(11-15)20(22,23)24/h1-12,14,25H,13H2,(H,26,27,28);1-11,26H,12H2,(H,27,28). The number of amides is 2. The van der Waals surface area contributed by atoms with Gasteiger partial charge in [-0.2, -0.15) is 13.2 Å². The van der Waals surface area contributed by atoms with Crippen molar-refractivity contribution in [1.29, 1.82) is 0 Å². The van der Waals surface area contributed by atoms with E-state index >= 15 is 0 Å². The molecule has 0 spiro atoms. The third-order valence-electron chi connectivity index (χ3n) is 8.21. The van der Waals surface area contributed by atoms with Gasteiger partial charge in [-0.05, 0) is 121 Å². The van der Waals surface area contributed by atoms with E-state index in [0.717, 1.165) is 44.3 Å². The van der Waals surface area contributed by atoms with Gasteiger partial charge in [0, 0.05) is 54.1 Å². The number of benzene rings is 4. The van der Waals surface area contributed by atoms with E-state index in [1.54, 1.807) is 48.9 Å². The molecular formula is C42H32Br2F3N7O2. The van der Waals surface area contributed by atoms with Gasteiger partial charge in [-0.3, -0.25) is 9.59 Å². The molecule has 0 radical (unpaired) electrons. The number of hydrogen-bond acceptors (Lipinski definition) is 7. The van der Waals surface area contributed by atoms with Gasteiger partial charge in [0.1, 0.15) is 15.0 Å². The molecule has 56 heavy (non-hydrogen) atoms. The summed E-state index contributed by atoms with van der Waals surface area (Å²) in [6.45, 7) is 1.04. The van der Waals surface area contributed by atoms with Crippen molar-refractivity contribution in [2.24, 2.45) is 0 Å². The topological polar surface area (TPSA) is 121 Å². The first-order chi connectivity index (χ1) is 27.0. The molecule has 0 aliphatic heterocycles. The lowest BCUT2D eigenvalue weighted by atomic mass is 10.1. The van der Waals surface area contributed by atoms with E-state index in [0.29, 0.717) is 40.3 Å². The van der Waals surface area contributed by atoms with Crippen molar-refractivity contribution in [2.45, 2.75) is 19.3 Å². The smallest absolute Gasteiger partial charge is 0.380 e. The maximum Gasteiger partial charge on any atom is 0.416 e. The van der Waals surface area contributed by atoms with E-state index in [9.17, 15) is 22.8 Å². The van der Waals surface area contributed by atoms with Crippen LogP contribution < -0.4 is 21.3 Å². The number of hydrogen-bond donors (Lipinski definition) is 4. The second-order valence-corrected chi connectivity index (χ2v) is 13.8. The molecule has 282 valence electrons. The highest BCUT2D eigenvalue weighted by Gasteiger charge is 2.30. The zero-order valence-electron chi connectivity index (χ0n) is 29.3. The number of alkyl halides is 3. The Kier molecular flexibility index (Phi) is 13.1. The van der Waals surface area contributed by atoms with E-state index in [4.69, 9.17) is 0 Å². The van der Waals surface area contributed by atoms with Crippen LogP contribution in [0.4, 0.5) is 36.1 Å². The summed E-state index contributed by atoms with van der Waals surface area (Å²) in [6, 6.07) is 36.1. The molecule has 4 N–H and O–H groups in total. The van der Waals surface area contributed by atoms with E-state index in [-0.39, 0.29) is 11.6 Å². The fourth-order valence-corrected chi connectivity index (χ4v) is 6.30. The number of pyridine rings is 3. The minimum Gasteiger partial charge on any atom is -0.380 e. The molecule has 14 heteroatoms. The van der Waals surface area contributed by atoms with E-state index in [2.05, 4.69) is 68.1 Å². The highest BCUT2D eigenvalue weighted by atomic mass is 79.9. The van der Waals surface area contributed by atoms with Gasteiger partial charge in [-0.15, -0.1) is 0 Å². The minimum atomic E-state index is -4.47. The second kappa shape index (κ2) is 18.5. The molecule has 9 nitrogen and oxygen atoms in total. The van der Waals surface area contributed by atoms with Gasteiger partial charge in [-0.1, -0.05) is 54.6 Å². The zero-order valence-corrected chi connectivity index (χ0v) is 32.5. The zero-order chi connectivity index (χ0) is 39.5. The van der Waals surface area contributed by atoms with Crippen molar-refractivity contribution < 1.29 is 22.8 Å². The number of nitrogens with zero attached hydrogens (tertiary/aromatic N) is 3. The van der Waals surface area contributed by atoms with Crippen molar-refractivity contribution in [3.05, 3.63) is 183 Å².